The summed E-state index contributed by atoms with van der Waals surface area (Å²) in [6.45, 7) is 2.09. The van der Waals surface area contributed by atoms with Gasteiger partial charge in [-0.1, -0.05) is 28.1 Å². The molecule has 1 heterocycles. The molecule has 1 aliphatic heterocycles. The minimum atomic E-state index is 0.354. The van der Waals surface area contributed by atoms with Gasteiger partial charge in [0.25, 0.3) is 0 Å². The van der Waals surface area contributed by atoms with Crippen LogP contribution in [0.1, 0.15) is 12.0 Å². The molecule has 3 heteroatoms. The number of ether oxygens (including phenoxy) is 1. The molecule has 1 aromatic rings. The molecule has 88 valence electrons. The molecule has 0 aromatic heterocycles. The standard InChI is InChI=1S/C13H18BrNO/c1-16-13-9-15-6-5-11(13)7-10-3-2-4-12(14)8-10/h2-4,8,11,13,15H,5-7,9H2,1H3. The number of rotatable bonds is 3. The van der Waals surface area contributed by atoms with Gasteiger partial charge in [0, 0.05) is 18.1 Å². The van der Waals surface area contributed by atoms with E-state index < -0.39 is 0 Å². The summed E-state index contributed by atoms with van der Waals surface area (Å²) in [6, 6.07) is 8.57. The Kier molecular flexibility index (Phi) is 4.38. The van der Waals surface area contributed by atoms with Crippen molar-refractivity contribution in [3.8, 4) is 0 Å². The average molecular weight is 284 g/mol. The van der Waals surface area contributed by atoms with Gasteiger partial charge in [0.1, 0.15) is 0 Å². The molecule has 1 saturated heterocycles. The van der Waals surface area contributed by atoms with Gasteiger partial charge in [-0.05, 0) is 43.0 Å². The largest absolute Gasteiger partial charge is 0.380 e. The summed E-state index contributed by atoms with van der Waals surface area (Å²) in [5.74, 6) is 0.639. The average Bonchev–Trinajstić information content (AvgIpc) is 2.30. The topological polar surface area (TPSA) is 21.3 Å². The second-order valence-corrected chi connectivity index (χ2v) is 5.28. The normalized spacial score (nSPS) is 25.6. The first-order valence-corrected chi connectivity index (χ1v) is 6.57. The van der Waals surface area contributed by atoms with Gasteiger partial charge in [-0.25, -0.2) is 0 Å². The van der Waals surface area contributed by atoms with E-state index in [0.29, 0.717) is 12.0 Å². The summed E-state index contributed by atoms with van der Waals surface area (Å²) >= 11 is 3.52. The van der Waals surface area contributed by atoms with Gasteiger partial charge in [-0.15, -0.1) is 0 Å². The van der Waals surface area contributed by atoms with Crippen molar-refractivity contribution in [3.05, 3.63) is 34.3 Å². The van der Waals surface area contributed by atoms with Crippen molar-refractivity contribution >= 4 is 15.9 Å². The van der Waals surface area contributed by atoms with E-state index >= 15 is 0 Å². The van der Waals surface area contributed by atoms with Crippen molar-refractivity contribution in [2.75, 3.05) is 20.2 Å². The maximum atomic E-state index is 5.53. The summed E-state index contributed by atoms with van der Waals surface area (Å²) in [7, 11) is 1.81. The van der Waals surface area contributed by atoms with Crippen molar-refractivity contribution in [1.82, 2.24) is 5.32 Å². The zero-order valence-corrected chi connectivity index (χ0v) is 11.2. The molecule has 2 nitrogen and oxygen atoms in total. The molecule has 1 aliphatic rings. The Morgan fingerprint density at radius 3 is 3.12 bits per heavy atom. The van der Waals surface area contributed by atoms with Crippen molar-refractivity contribution < 1.29 is 4.74 Å². The predicted molar refractivity (Wildman–Crippen MR) is 69.6 cm³/mol. The fourth-order valence-corrected chi connectivity index (χ4v) is 2.81. The highest BCUT2D eigenvalue weighted by Gasteiger charge is 2.24. The van der Waals surface area contributed by atoms with Crippen LogP contribution in [0.5, 0.6) is 0 Å². The fourth-order valence-electron chi connectivity index (χ4n) is 2.36. The summed E-state index contributed by atoms with van der Waals surface area (Å²) in [5.41, 5.74) is 1.39. The van der Waals surface area contributed by atoms with Crippen molar-refractivity contribution in [1.29, 1.82) is 0 Å². The highest BCUT2D eigenvalue weighted by atomic mass is 79.9. The monoisotopic (exact) mass is 283 g/mol. The van der Waals surface area contributed by atoms with E-state index in [0.717, 1.165) is 24.0 Å². The van der Waals surface area contributed by atoms with Gasteiger partial charge in [0.2, 0.25) is 0 Å². The van der Waals surface area contributed by atoms with Gasteiger partial charge in [-0.3, -0.25) is 0 Å². The first-order chi connectivity index (χ1) is 7.79. The molecule has 0 saturated carbocycles. The lowest BCUT2D eigenvalue weighted by molar-refractivity contribution is 0.0341. The van der Waals surface area contributed by atoms with E-state index in [1.54, 1.807) is 0 Å². The molecular formula is C13H18BrNO. The Labute approximate surface area is 106 Å². The van der Waals surface area contributed by atoms with Crippen LogP contribution >= 0.6 is 15.9 Å². The molecule has 2 unspecified atom stereocenters. The van der Waals surface area contributed by atoms with E-state index in [1.807, 2.05) is 7.11 Å². The molecule has 0 aliphatic carbocycles. The third-order valence-corrected chi connectivity index (χ3v) is 3.75. The molecule has 0 radical (unpaired) electrons. The Balaban J connectivity index is 2.02. The van der Waals surface area contributed by atoms with Crippen LogP contribution in [0, 0.1) is 5.92 Å². The maximum Gasteiger partial charge on any atom is 0.0727 e. The number of nitrogens with one attached hydrogen (secondary N) is 1. The second kappa shape index (κ2) is 5.80. The molecule has 0 spiro atoms. The van der Waals surface area contributed by atoms with E-state index in [4.69, 9.17) is 4.74 Å². The molecule has 0 bridgehead atoms. The lowest BCUT2D eigenvalue weighted by atomic mass is 9.88. The van der Waals surface area contributed by atoms with E-state index in [9.17, 15) is 0 Å². The van der Waals surface area contributed by atoms with Crippen LogP contribution in [0.15, 0.2) is 28.7 Å². The summed E-state index contributed by atoms with van der Waals surface area (Å²) in [6.07, 6.45) is 2.66. The quantitative estimate of drug-likeness (QED) is 0.921. The van der Waals surface area contributed by atoms with Gasteiger partial charge >= 0.3 is 0 Å². The van der Waals surface area contributed by atoms with Gasteiger partial charge in [0.15, 0.2) is 0 Å². The number of halogens is 1. The van der Waals surface area contributed by atoms with E-state index in [2.05, 4.69) is 45.5 Å². The maximum absolute atomic E-state index is 5.53. The zero-order chi connectivity index (χ0) is 11.4. The van der Waals surface area contributed by atoms with Gasteiger partial charge in [0.05, 0.1) is 6.10 Å². The van der Waals surface area contributed by atoms with Crippen LogP contribution in [0.2, 0.25) is 0 Å². The van der Waals surface area contributed by atoms with E-state index in [-0.39, 0.29) is 0 Å². The molecule has 2 atom stereocenters. The number of piperidine rings is 1. The molecule has 1 aromatic carbocycles. The lowest BCUT2D eigenvalue weighted by Gasteiger charge is -2.31. The summed E-state index contributed by atoms with van der Waals surface area (Å²) in [5, 5.41) is 3.38. The van der Waals surface area contributed by atoms with Gasteiger partial charge < -0.3 is 10.1 Å². The number of benzene rings is 1. The highest BCUT2D eigenvalue weighted by molar-refractivity contribution is 9.10. The molecule has 16 heavy (non-hydrogen) atoms. The third kappa shape index (κ3) is 3.06. The van der Waals surface area contributed by atoms with Gasteiger partial charge in [-0.2, -0.15) is 0 Å². The SMILES string of the molecule is COC1CNCCC1Cc1cccc(Br)c1. The van der Waals surface area contributed by atoms with Crippen LogP contribution in [0.3, 0.4) is 0 Å². The number of methoxy groups -OCH3 is 1. The lowest BCUT2D eigenvalue weighted by Crippen LogP contribution is -2.42. The predicted octanol–water partition coefficient (Wildman–Crippen LogP) is 2.62. The summed E-state index contributed by atoms with van der Waals surface area (Å²) in [4.78, 5) is 0. The zero-order valence-electron chi connectivity index (χ0n) is 9.58. The van der Waals surface area contributed by atoms with Crippen LogP contribution in [-0.2, 0) is 11.2 Å². The minimum Gasteiger partial charge on any atom is -0.380 e. The Morgan fingerprint density at radius 2 is 2.38 bits per heavy atom. The van der Waals surface area contributed by atoms with Crippen LogP contribution in [0.25, 0.3) is 0 Å². The Morgan fingerprint density at radius 1 is 1.50 bits per heavy atom. The van der Waals surface area contributed by atoms with Crippen LogP contribution in [-0.4, -0.2) is 26.3 Å². The second-order valence-electron chi connectivity index (χ2n) is 4.36. The highest BCUT2D eigenvalue weighted by Crippen LogP contribution is 2.22. The smallest absolute Gasteiger partial charge is 0.0727 e. The number of hydrogen-bond acceptors (Lipinski definition) is 2. The Hall–Kier alpha value is -0.380. The van der Waals surface area contributed by atoms with Crippen molar-refractivity contribution in [2.45, 2.75) is 18.9 Å². The molecule has 0 amide bonds. The first-order valence-electron chi connectivity index (χ1n) is 5.77. The fraction of sp³-hybridized carbons (Fsp3) is 0.538. The van der Waals surface area contributed by atoms with E-state index in [1.165, 1.54) is 12.0 Å². The van der Waals surface area contributed by atoms with Crippen molar-refractivity contribution in [2.24, 2.45) is 5.92 Å². The first kappa shape index (κ1) is 12.1. The van der Waals surface area contributed by atoms with Crippen LogP contribution < -0.4 is 5.32 Å². The number of hydrogen-bond donors (Lipinski definition) is 1. The Bertz CT molecular complexity index is 342. The van der Waals surface area contributed by atoms with Crippen LogP contribution in [0.4, 0.5) is 0 Å². The minimum absolute atomic E-state index is 0.354. The molecule has 2 rings (SSSR count). The third-order valence-electron chi connectivity index (χ3n) is 3.25. The molecule has 1 N–H and O–H groups in total. The van der Waals surface area contributed by atoms with Crippen molar-refractivity contribution in [3.63, 3.8) is 0 Å². The summed E-state index contributed by atoms with van der Waals surface area (Å²) < 4.78 is 6.69. The molecule has 1 fully saturated rings. The molecular weight excluding hydrogens is 266 g/mol.